The second-order valence-corrected chi connectivity index (χ2v) is 7.88. The van der Waals surface area contributed by atoms with Crippen LogP contribution in [-0.4, -0.2) is 66.1 Å². The molecule has 0 aliphatic carbocycles. The molecule has 4 rings (SSSR count). The third kappa shape index (κ3) is 5.32. The van der Waals surface area contributed by atoms with Crippen molar-refractivity contribution in [1.82, 2.24) is 19.8 Å². The number of hydrogen-bond donors (Lipinski definition) is 1. The molecule has 0 spiro atoms. The van der Waals surface area contributed by atoms with Crippen LogP contribution in [0.5, 0.6) is 0 Å². The number of anilines is 1. The Hall–Kier alpha value is -2.47. The molecule has 2 aromatic heterocycles. The van der Waals surface area contributed by atoms with Gasteiger partial charge in [0.2, 0.25) is 0 Å². The smallest absolute Gasteiger partial charge is 0.0731 e. The van der Waals surface area contributed by atoms with Crippen LogP contribution in [-0.2, 0) is 0 Å². The van der Waals surface area contributed by atoms with E-state index in [0.29, 0.717) is 0 Å². The minimum Gasteiger partial charge on any atom is -0.383 e. The molecule has 0 atom stereocenters. The number of aromatic nitrogens is 2. The first-order valence-electron chi connectivity index (χ1n) is 10.0. The summed E-state index contributed by atoms with van der Waals surface area (Å²) in [5.41, 5.74) is 4.02. The molecule has 1 aliphatic rings. The molecule has 1 aromatic carbocycles. The van der Waals surface area contributed by atoms with Crippen LogP contribution in [0.1, 0.15) is 11.3 Å². The van der Waals surface area contributed by atoms with E-state index in [1.807, 2.05) is 36.4 Å². The summed E-state index contributed by atoms with van der Waals surface area (Å²) < 4.78 is 0. The zero-order valence-corrected chi connectivity index (χ0v) is 17.4. The predicted octanol–water partition coefficient (Wildman–Crippen LogP) is 4.11. The molecule has 3 heterocycles. The highest BCUT2D eigenvalue weighted by Crippen LogP contribution is 2.27. The Morgan fingerprint density at radius 2 is 1.83 bits per heavy atom. The third-order valence-corrected chi connectivity index (χ3v) is 5.52. The largest absolute Gasteiger partial charge is 0.383 e. The van der Waals surface area contributed by atoms with Gasteiger partial charge in [-0.3, -0.25) is 9.88 Å². The van der Waals surface area contributed by atoms with Gasteiger partial charge in [0, 0.05) is 67.8 Å². The van der Waals surface area contributed by atoms with E-state index < -0.39 is 0 Å². The van der Waals surface area contributed by atoms with Crippen LogP contribution >= 0.6 is 11.6 Å². The van der Waals surface area contributed by atoms with Gasteiger partial charge in [0.1, 0.15) is 0 Å². The maximum atomic E-state index is 6.25. The summed E-state index contributed by atoms with van der Waals surface area (Å²) in [6.07, 6.45) is 7.68. The number of halogens is 1. The van der Waals surface area contributed by atoms with Gasteiger partial charge in [0.15, 0.2) is 0 Å². The first-order chi connectivity index (χ1) is 14.2. The van der Waals surface area contributed by atoms with Crippen LogP contribution in [0.4, 0.5) is 5.69 Å². The first-order valence-corrected chi connectivity index (χ1v) is 10.4. The molecule has 29 heavy (non-hydrogen) atoms. The SMILES string of the molecule is CN1CCN(CCNc2cc(/C=C/c3ccncc3)nc3ccc(Cl)cc23)CC1. The quantitative estimate of drug-likeness (QED) is 0.666. The summed E-state index contributed by atoms with van der Waals surface area (Å²) in [7, 11) is 2.18. The summed E-state index contributed by atoms with van der Waals surface area (Å²) in [5, 5.41) is 5.39. The molecule has 0 unspecified atom stereocenters. The number of benzene rings is 1. The summed E-state index contributed by atoms with van der Waals surface area (Å²) in [4.78, 5) is 13.7. The van der Waals surface area contributed by atoms with Crippen molar-refractivity contribution >= 4 is 40.3 Å². The molecule has 150 valence electrons. The van der Waals surface area contributed by atoms with Crippen molar-refractivity contribution in [3.05, 3.63) is 65.1 Å². The predicted molar refractivity (Wildman–Crippen MR) is 122 cm³/mol. The van der Waals surface area contributed by atoms with Gasteiger partial charge in [0.05, 0.1) is 11.2 Å². The van der Waals surface area contributed by atoms with Crippen molar-refractivity contribution < 1.29 is 0 Å². The highest BCUT2D eigenvalue weighted by molar-refractivity contribution is 6.31. The molecular formula is C23H26ClN5. The van der Waals surface area contributed by atoms with Gasteiger partial charge < -0.3 is 10.2 Å². The topological polar surface area (TPSA) is 44.3 Å². The Kier molecular flexibility index (Phi) is 6.39. The number of rotatable bonds is 6. The minimum absolute atomic E-state index is 0.724. The van der Waals surface area contributed by atoms with Crippen LogP contribution in [0.2, 0.25) is 5.02 Å². The molecule has 5 nitrogen and oxygen atoms in total. The highest BCUT2D eigenvalue weighted by atomic mass is 35.5. The molecule has 1 fully saturated rings. The number of piperazine rings is 1. The fraction of sp³-hybridized carbons (Fsp3) is 0.304. The van der Waals surface area contributed by atoms with Gasteiger partial charge >= 0.3 is 0 Å². The average molecular weight is 408 g/mol. The maximum Gasteiger partial charge on any atom is 0.0731 e. The van der Waals surface area contributed by atoms with Gasteiger partial charge in [-0.2, -0.15) is 0 Å². The zero-order chi connectivity index (χ0) is 20.1. The Balaban J connectivity index is 1.52. The second-order valence-electron chi connectivity index (χ2n) is 7.44. The van der Waals surface area contributed by atoms with Crippen LogP contribution in [0, 0.1) is 0 Å². The Morgan fingerprint density at radius 3 is 2.62 bits per heavy atom. The van der Waals surface area contributed by atoms with Gasteiger partial charge in [0.25, 0.3) is 0 Å². The number of fused-ring (bicyclic) bond motifs is 1. The molecule has 1 aliphatic heterocycles. The van der Waals surface area contributed by atoms with E-state index >= 15 is 0 Å². The van der Waals surface area contributed by atoms with E-state index in [9.17, 15) is 0 Å². The van der Waals surface area contributed by atoms with Crippen molar-refractivity contribution in [2.45, 2.75) is 0 Å². The average Bonchev–Trinajstić information content (AvgIpc) is 2.75. The molecule has 0 saturated carbocycles. The van der Waals surface area contributed by atoms with Crippen LogP contribution in [0.3, 0.4) is 0 Å². The Morgan fingerprint density at radius 1 is 1.03 bits per heavy atom. The number of pyridine rings is 2. The lowest BCUT2D eigenvalue weighted by Crippen LogP contribution is -2.45. The lowest BCUT2D eigenvalue weighted by molar-refractivity contribution is 0.158. The molecule has 1 saturated heterocycles. The van der Waals surface area contributed by atoms with Crippen LogP contribution in [0.15, 0.2) is 48.8 Å². The van der Waals surface area contributed by atoms with Crippen molar-refractivity contribution in [2.75, 3.05) is 51.6 Å². The molecule has 3 aromatic rings. The van der Waals surface area contributed by atoms with Gasteiger partial charge in [-0.1, -0.05) is 17.7 Å². The third-order valence-electron chi connectivity index (χ3n) is 5.28. The lowest BCUT2D eigenvalue weighted by Gasteiger charge is -2.32. The highest BCUT2D eigenvalue weighted by Gasteiger charge is 2.13. The van der Waals surface area contributed by atoms with Gasteiger partial charge in [-0.25, -0.2) is 4.98 Å². The Labute approximate surface area is 177 Å². The zero-order valence-electron chi connectivity index (χ0n) is 16.7. The minimum atomic E-state index is 0.724. The fourth-order valence-electron chi connectivity index (χ4n) is 3.53. The molecule has 0 radical (unpaired) electrons. The lowest BCUT2D eigenvalue weighted by atomic mass is 10.1. The second kappa shape index (κ2) is 9.35. The van der Waals surface area contributed by atoms with E-state index in [1.54, 1.807) is 12.4 Å². The summed E-state index contributed by atoms with van der Waals surface area (Å²) in [6, 6.07) is 11.9. The van der Waals surface area contributed by atoms with Crippen molar-refractivity contribution in [3.63, 3.8) is 0 Å². The Bertz CT molecular complexity index is 981. The monoisotopic (exact) mass is 407 g/mol. The molecule has 6 heteroatoms. The first kappa shape index (κ1) is 19.8. The summed E-state index contributed by atoms with van der Waals surface area (Å²) >= 11 is 6.25. The van der Waals surface area contributed by atoms with Crippen molar-refractivity contribution in [2.24, 2.45) is 0 Å². The van der Waals surface area contributed by atoms with Gasteiger partial charge in [-0.05, 0) is 55.1 Å². The molecular weight excluding hydrogens is 382 g/mol. The summed E-state index contributed by atoms with van der Waals surface area (Å²) in [6.45, 7) is 6.45. The van der Waals surface area contributed by atoms with Crippen LogP contribution in [0.25, 0.3) is 23.1 Å². The summed E-state index contributed by atoms with van der Waals surface area (Å²) in [5.74, 6) is 0. The number of likely N-dealkylation sites (N-methyl/N-ethyl adjacent to an activating group) is 1. The number of hydrogen-bond acceptors (Lipinski definition) is 5. The van der Waals surface area contributed by atoms with E-state index in [4.69, 9.17) is 16.6 Å². The van der Waals surface area contributed by atoms with Crippen LogP contribution < -0.4 is 5.32 Å². The van der Waals surface area contributed by atoms with E-state index in [1.165, 1.54) is 0 Å². The molecule has 0 amide bonds. The van der Waals surface area contributed by atoms with E-state index in [2.05, 4.69) is 39.3 Å². The van der Waals surface area contributed by atoms with E-state index in [0.717, 1.165) is 72.1 Å². The normalized spacial score (nSPS) is 15.9. The van der Waals surface area contributed by atoms with Gasteiger partial charge in [-0.15, -0.1) is 0 Å². The van der Waals surface area contributed by atoms with Crippen molar-refractivity contribution in [3.8, 4) is 0 Å². The number of nitrogens with one attached hydrogen (secondary N) is 1. The van der Waals surface area contributed by atoms with Crippen molar-refractivity contribution in [1.29, 1.82) is 0 Å². The molecule has 1 N–H and O–H groups in total. The number of nitrogens with zero attached hydrogens (tertiary/aromatic N) is 4. The fourth-order valence-corrected chi connectivity index (χ4v) is 3.70. The maximum absolute atomic E-state index is 6.25. The van der Waals surface area contributed by atoms with E-state index in [-0.39, 0.29) is 0 Å². The standard InChI is InChI=1S/C23H26ClN5/c1-28-12-14-29(15-13-28)11-10-26-23-17-20(4-2-18-6-8-25-9-7-18)27-22-5-3-19(24)16-21(22)23/h2-9,16-17H,10-15H2,1H3,(H,26,27)/b4-2+. The molecule has 0 bridgehead atoms.